The molecule has 22 heavy (non-hydrogen) atoms. The number of rotatable bonds is 3. The molecule has 0 fully saturated rings. The van der Waals surface area contributed by atoms with Crippen molar-refractivity contribution in [1.82, 2.24) is 4.57 Å². The maximum absolute atomic E-state index is 12.7. The SMILES string of the molecule is Cc1cc2n(c1C(=O)c1cc(Br)co1)CCCCC2C(=O)O. The Hall–Kier alpha value is -1.82. The minimum Gasteiger partial charge on any atom is -0.481 e. The summed E-state index contributed by atoms with van der Waals surface area (Å²) in [6, 6.07) is 3.46. The molecule has 0 aromatic carbocycles. The molecule has 0 amide bonds. The first-order valence-corrected chi connectivity index (χ1v) is 8.00. The molecule has 5 nitrogen and oxygen atoms in total. The van der Waals surface area contributed by atoms with E-state index in [4.69, 9.17) is 4.42 Å². The number of carbonyl (C=O) groups is 2. The molecule has 1 aliphatic heterocycles. The lowest BCUT2D eigenvalue weighted by Crippen LogP contribution is -2.17. The first-order valence-electron chi connectivity index (χ1n) is 7.20. The maximum Gasteiger partial charge on any atom is 0.312 e. The molecule has 6 heteroatoms. The largest absolute Gasteiger partial charge is 0.481 e. The van der Waals surface area contributed by atoms with E-state index in [0.717, 1.165) is 24.1 Å². The van der Waals surface area contributed by atoms with Crippen LogP contribution < -0.4 is 0 Å². The van der Waals surface area contributed by atoms with E-state index in [1.165, 1.54) is 6.26 Å². The van der Waals surface area contributed by atoms with Crippen LogP contribution in [0.1, 0.15) is 52.7 Å². The highest BCUT2D eigenvalue weighted by atomic mass is 79.9. The second-order valence-electron chi connectivity index (χ2n) is 5.60. The van der Waals surface area contributed by atoms with Gasteiger partial charge in [-0.1, -0.05) is 6.42 Å². The van der Waals surface area contributed by atoms with Crippen molar-refractivity contribution in [1.29, 1.82) is 0 Å². The van der Waals surface area contributed by atoms with Gasteiger partial charge in [0.2, 0.25) is 5.78 Å². The first-order chi connectivity index (χ1) is 10.5. The number of furan rings is 1. The molecular formula is C16H16BrNO4. The quantitative estimate of drug-likeness (QED) is 0.840. The summed E-state index contributed by atoms with van der Waals surface area (Å²) < 4.78 is 7.84. The normalized spacial score (nSPS) is 17.8. The number of aliphatic carboxylic acids is 1. The number of halogens is 1. The van der Waals surface area contributed by atoms with Crippen molar-refractivity contribution in [3.8, 4) is 0 Å². The second-order valence-corrected chi connectivity index (χ2v) is 6.51. The minimum absolute atomic E-state index is 0.208. The van der Waals surface area contributed by atoms with Gasteiger partial charge in [0.1, 0.15) is 6.26 Å². The smallest absolute Gasteiger partial charge is 0.312 e. The van der Waals surface area contributed by atoms with Crippen molar-refractivity contribution >= 4 is 27.7 Å². The van der Waals surface area contributed by atoms with Gasteiger partial charge in [-0.25, -0.2) is 0 Å². The molecule has 3 heterocycles. The van der Waals surface area contributed by atoms with Crippen molar-refractivity contribution in [3.63, 3.8) is 0 Å². The number of aromatic nitrogens is 1. The topological polar surface area (TPSA) is 72.4 Å². The van der Waals surface area contributed by atoms with Crippen LogP contribution in [-0.4, -0.2) is 21.4 Å². The van der Waals surface area contributed by atoms with E-state index >= 15 is 0 Å². The number of ketones is 1. The van der Waals surface area contributed by atoms with Gasteiger partial charge in [0.05, 0.1) is 16.1 Å². The fraction of sp³-hybridized carbons (Fsp3) is 0.375. The van der Waals surface area contributed by atoms with Crippen molar-refractivity contribution < 1.29 is 19.1 Å². The monoisotopic (exact) mass is 365 g/mol. The molecule has 116 valence electrons. The van der Waals surface area contributed by atoms with Gasteiger partial charge in [0.15, 0.2) is 5.76 Å². The van der Waals surface area contributed by atoms with E-state index in [2.05, 4.69) is 15.9 Å². The highest BCUT2D eigenvalue weighted by molar-refractivity contribution is 9.10. The number of hydrogen-bond donors (Lipinski definition) is 1. The Morgan fingerprint density at radius 3 is 2.77 bits per heavy atom. The minimum atomic E-state index is -0.833. The standard InChI is InChI=1S/C16H16BrNO4/c1-9-6-12-11(16(20)21)4-2-3-5-18(12)14(9)15(19)13-7-10(17)8-22-13/h6-8,11H,2-5H2,1H3,(H,20,21). The zero-order chi connectivity index (χ0) is 15.9. The molecular weight excluding hydrogens is 350 g/mol. The summed E-state index contributed by atoms with van der Waals surface area (Å²) in [6.45, 7) is 2.50. The summed E-state index contributed by atoms with van der Waals surface area (Å²) in [6.07, 6.45) is 3.79. The van der Waals surface area contributed by atoms with Crippen LogP contribution in [0.2, 0.25) is 0 Å². The van der Waals surface area contributed by atoms with Crippen LogP contribution in [0, 0.1) is 6.92 Å². The molecule has 0 bridgehead atoms. The predicted octanol–water partition coefficient (Wildman–Crippen LogP) is 3.74. The Labute approximate surface area is 136 Å². The Morgan fingerprint density at radius 1 is 1.36 bits per heavy atom. The van der Waals surface area contributed by atoms with Crippen molar-refractivity contribution in [2.75, 3.05) is 0 Å². The molecule has 1 unspecified atom stereocenters. The Balaban J connectivity index is 2.10. The zero-order valence-corrected chi connectivity index (χ0v) is 13.7. The number of carboxylic acid groups (broad SMARTS) is 1. The average Bonchev–Trinajstić information content (AvgIpc) is 2.96. The predicted molar refractivity (Wildman–Crippen MR) is 83.2 cm³/mol. The van der Waals surface area contributed by atoms with E-state index in [1.54, 1.807) is 6.07 Å². The van der Waals surface area contributed by atoms with Crippen LogP contribution in [0.15, 0.2) is 27.3 Å². The molecule has 2 aromatic heterocycles. The number of carboxylic acids is 1. The van der Waals surface area contributed by atoms with Crippen LogP contribution in [0.25, 0.3) is 0 Å². The van der Waals surface area contributed by atoms with Crippen molar-refractivity contribution in [2.45, 2.75) is 38.6 Å². The number of fused-ring (bicyclic) bond motifs is 1. The van der Waals surface area contributed by atoms with Gasteiger partial charge in [0, 0.05) is 18.3 Å². The number of carbonyl (C=O) groups excluding carboxylic acids is 1. The van der Waals surface area contributed by atoms with Crippen LogP contribution in [0.4, 0.5) is 0 Å². The molecule has 0 saturated heterocycles. The van der Waals surface area contributed by atoms with E-state index in [0.29, 0.717) is 23.1 Å². The molecule has 0 saturated carbocycles. The first kappa shape index (κ1) is 15.1. The zero-order valence-electron chi connectivity index (χ0n) is 12.1. The fourth-order valence-corrected chi connectivity index (χ4v) is 3.41. The Morgan fingerprint density at radius 2 is 2.14 bits per heavy atom. The highest BCUT2D eigenvalue weighted by Crippen LogP contribution is 2.32. The van der Waals surface area contributed by atoms with E-state index in [-0.39, 0.29) is 11.5 Å². The average molecular weight is 366 g/mol. The summed E-state index contributed by atoms with van der Waals surface area (Å²) in [7, 11) is 0. The van der Waals surface area contributed by atoms with Gasteiger partial charge in [-0.3, -0.25) is 9.59 Å². The molecule has 0 spiro atoms. The highest BCUT2D eigenvalue weighted by Gasteiger charge is 2.30. The third kappa shape index (κ3) is 2.52. The summed E-state index contributed by atoms with van der Waals surface area (Å²) in [4.78, 5) is 24.2. The van der Waals surface area contributed by atoms with E-state index in [1.807, 2.05) is 17.6 Å². The molecule has 2 aromatic rings. The molecule has 0 radical (unpaired) electrons. The number of nitrogens with zero attached hydrogens (tertiary/aromatic N) is 1. The van der Waals surface area contributed by atoms with Crippen LogP contribution >= 0.6 is 15.9 Å². The van der Waals surface area contributed by atoms with E-state index < -0.39 is 11.9 Å². The lowest BCUT2D eigenvalue weighted by molar-refractivity contribution is -0.139. The van der Waals surface area contributed by atoms with Crippen LogP contribution in [0.3, 0.4) is 0 Å². The van der Waals surface area contributed by atoms with E-state index in [9.17, 15) is 14.7 Å². The third-order valence-corrected chi connectivity index (χ3v) is 4.52. The van der Waals surface area contributed by atoms with Gasteiger partial charge in [-0.2, -0.15) is 0 Å². The van der Waals surface area contributed by atoms with Gasteiger partial charge in [0.25, 0.3) is 0 Å². The number of aryl methyl sites for hydroxylation is 1. The third-order valence-electron chi connectivity index (χ3n) is 4.11. The summed E-state index contributed by atoms with van der Waals surface area (Å²) in [5.74, 6) is -1.33. The molecule has 0 aliphatic carbocycles. The van der Waals surface area contributed by atoms with Crippen LogP contribution in [0.5, 0.6) is 0 Å². The van der Waals surface area contributed by atoms with Gasteiger partial charge in [-0.05, 0) is 47.3 Å². The van der Waals surface area contributed by atoms with Gasteiger partial charge >= 0.3 is 5.97 Å². The second kappa shape index (κ2) is 5.76. The number of hydrogen-bond acceptors (Lipinski definition) is 3. The van der Waals surface area contributed by atoms with Crippen molar-refractivity contribution in [3.05, 3.63) is 45.6 Å². The summed E-state index contributed by atoms with van der Waals surface area (Å²) in [5.41, 5.74) is 2.04. The molecule has 1 N–H and O–H groups in total. The van der Waals surface area contributed by atoms with Gasteiger partial charge < -0.3 is 14.1 Å². The molecule has 1 aliphatic rings. The maximum atomic E-state index is 12.7. The molecule has 1 atom stereocenters. The summed E-state index contributed by atoms with van der Waals surface area (Å²) in [5, 5.41) is 9.45. The lowest BCUT2D eigenvalue weighted by atomic mass is 9.99. The van der Waals surface area contributed by atoms with Crippen molar-refractivity contribution in [2.24, 2.45) is 0 Å². The van der Waals surface area contributed by atoms with Crippen LogP contribution in [-0.2, 0) is 11.3 Å². The lowest BCUT2D eigenvalue weighted by Gasteiger charge is -2.13. The Bertz CT molecular complexity index is 743. The fourth-order valence-electron chi connectivity index (χ4n) is 3.11. The summed E-state index contributed by atoms with van der Waals surface area (Å²) >= 11 is 3.27. The van der Waals surface area contributed by atoms with Gasteiger partial charge in [-0.15, -0.1) is 0 Å². The molecule has 3 rings (SSSR count). The Kier molecular flexibility index (Phi) is 3.95.